The maximum Gasteiger partial charge on any atom is 0.265 e. The van der Waals surface area contributed by atoms with E-state index < -0.39 is 25.9 Å². The standard InChI is InChI=1S/C17H19FN2O5S2/c1-25-16-8-6-13(18)10-17(16)27(23,24)19-14-7-5-12-4-3-9-20(15(12)11-14)26(2,21)22/h5-8,10-11,19H,3-4,9H2,1-2H3. The number of anilines is 2. The van der Waals surface area contributed by atoms with Gasteiger partial charge >= 0.3 is 0 Å². The molecule has 27 heavy (non-hydrogen) atoms. The van der Waals surface area contributed by atoms with Crippen molar-refractivity contribution in [2.24, 2.45) is 0 Å². The van der Waals surface area contributed by atoms with E-state index in [9.17, 15) is 21.2 Å². The molecule has 0 saturated carbocycles. The summed E-state index contributed by atoms with van der Waals surface area (Å²) in [6, 6.07) is 7.89. The van der Waals surface area contributed by atoms with Gasteiger partial charge in [0, 0.05) is 6.54 Å². The Morgan fingerprint density at radius 2 is 1.85 bits per heavy atom. The molecule has 10 heteroatoms. The summed E-state index contributed by atoms with van der Waals surface area (Å²) in [5.41, 5.74) is 1.43. The molecule has 1 N–H and O–H groups in total. The van der Waals surface area contributed by atoms with Crippen LogP contribution in [-0.4, -0.2) is 36.7 Å². The van der Waals surface area contributed by atoms with E-state index in [0.717, 1.165) is 24.0 Å². The Hall–Kier alpha value is -2.33. The molecule has 1 heterocycles. The van der Waals surface area contributed by atoms with Crippen LogP contribution in [0.2, 0.25) is 0 Å². The summed E-state index contributed by atoms with van der Waals surface area (Å²) in [5, 5.41) is 0. The van der Waals surface area contributed by atoms with Crippen molar-refractivity contribution in [1.82, 2.24) is 0 Å². The highest BCUT2D eigenvalue weighted by Crippen LogP contribution is 2.33. The lowest BCUT2D eigenvalue weighted by Crippen LogP contribution is -2.34. The van der Waals surface area contributed by atoms with Crippen LogP contribution < -0.4 is 13.8 Å². The molecule has 0 aliphatic carbocycles. The van der Waals surface area contributed by atoms with Gasteiger partial charge in [0.1, 0.15) is 16.5 Å². The summed E-state index contributed by atoms with van der Waals surface area (Å²) < 4.78 is 71.6. The van der Waals surface area contributed by atoms with Crippen LogP contribution in [0.25, 0.3) is 0 Å². The first-order valence-corrected chi connectivity index (χ1v) is 11.4. The van der Waals surface area contributed by atoms with Crippen molar-refractivity contribution in [3.05, 3.63) is 47.8 Å². The van der Waals surface area contributed by atoms with E-state index in [0.29, 0.717) is 25.1 Å². The Balaban J connectivity index is 2.01. The topological polar surface area (TPSA) is 92.8 Å². The minimum atomic E-state index is -4.14. The highest BCUT2D eigenvalue weighted by molar-refractivity contribution is 7.93. The number of fused-ring (bicyclic) bond motifs is 1. The maximum absolute atomic E-state index is 13.5. The summed E-state index contributed by atoms with van der Waals surface area (Å²) in [6.07, 6.45) is 2.49. The van der Waals surface area contributed by atoms with Crippen molar-refractivity contribution in [1.29, 1.82) is 0 Å². The predicted octanol–water partition coefficient (Wildman–Crippen LogP) is 2.35. The number of ether oxygens (including phenoxy) is 1. The van der Waals surface area contributed by atoms with Crippen LogP contribution in [0.5, 0.6) is 5.75 Å². The fraction of sp³-hybridized carbons (Fsp3) is 0.294. The molecule has 0 amide bonds. The van der Waals surface area contributed by atoms with E-state index in [-0.39, 0.29) is 16.3 Å². The van der Waals surface area contributed by atoms with E-state index >= 15 is 0 Å². The van der Waals surface area contributed by atoms with Gasteiger partial charge < -0.3 is 4.74 Å². The monoisotopic (exact) mass is 414 g/mol. The summed E-state index contributed by atoms with van der Waals surface area (Å²) in [6.45, 7) is 0.333. The molecule has 146 valence electrons. The Morgan fingerprint density at radius 3 is 2.52 bits per heavy atom. The molecule has 1 aliphatic heterocycles. The highest BCUT2D eigenvalue weighted by Gasteiger charge is 2.26. The average molecular weight is 414 g/mol. The third-order valence-electron chi connectivity index (χ3n) is 4.23. The molecule has 3 rings (SSSR count). The number of sulfonamides is 2. The number of nitrogens with zero attached hydrogens (tertiary/aromatic N) is 1. The molecule has 0 radical (unpaired) electrons. The van der Waals surface area contributed by atoms with Gasteiger partial charge in [0.25, 0.3) is 10.0 Å². The average Bonchev–Trinajstić information content (AvgIpc) is 2.60. The van der Waals surface area contributed by atoms with E-state index in [2.05, 4.69) is 4.72 Å². The van der Waals surface area contributed by atoms with Crippen LogP contribution in [0.4, 0.5) is 15.8 Å². The number of hydrogen-bond acceptors (Lipinski definition) is 5. The Kier molecular flexibility index (Phi) is 5.04. The number of halogens is 1. The largest absolute Gasteiger partial charge is 0.495 e. The smallest absolute Gasteiger partial charge is 0.265 e. The minimum Gasteiger partial charge on any atom is -0.495 e. The van der Waals surface area contributed by atoms with Gasteiger partial charge in [-0.15, -0.1) is 0 Å². The van der Waals surface area contributed by atoms with Gasteiger partial charge in [-0.2, -0.15) is 0 Å². The molecule has 7 nitrogen and oxygen atoms in total. The molecule has 0 atom stereocenters. The number of benzene rings is 2. The molecular weight excluding hydrogens is 395 g/mol. The normalized spacial score (nSPS) is 14.6. The van der Waals surface area contributed by atoms with E-state index in [4.69, 9.17) is 4.74 Å². The van der Waals surface area contributed by atoms with Crippen LogP contribution in [-0.2, 0) is 26.5 Å². The SMILES string of the molecule is COc1ccc(F)cc1S(=O)(=O)Nc1ccc2c(c1)N(S(C)(=O)=O)CCC2. The van der Waals surface area contributed by atoms with Crippen LogP contribution in [0, 0.1) is 5.82 Å². The van der Waals surface area contributed by atoms with Crippen molar-refractivity contribution >= 4 is 31.4 Å². The number of methoxy groups -OCH3 is 1. The van der Waals surface area contributed by atoms with E-state index in [1.54, 1.807) is 12.1 Å². The molecule has 0 bridgehead atoms. The first-order valence-electron chi connectivity index (χ1n) is 8.09. The first kappa shape index (κ1) is 19.4. The second kappa shape index (κ2) is 7.01. The lowest BCUT2D eigenvalue weighted by atomic mass is 10.0. The summed E-state index contributed by atoms with van der Waals surface area (Å²) in [4.78, 5) is -0.345. The maximum atomic E-state index is 13.5. The molecule has 1 aliphatic rings. The predicted molar refractivity (Wildman–Crippen MR) is 101 cm³/mol. The third kappa shape index (κ3) is 4.01. The van der Waals surface area contributed by atoms with Gasteiger partial charge in [-0.1, -0.05) is 6.07 Å². The number of nitrogens with one attached hydrogen (secondary N) is 1. The fourth-order valence-electron chi connectivity index (χ4n) is 3.02. The van der Waals surface area contributed by atoms with Crippen LogP contribution >= 0.6 is 0 Å². The quantitative estimate of drug-likeness (QED) is 0.811. The van der Waals surface area contributed by atoms with E-state index in [1.807, 2.05) is 0 Å². The minimum absolute atomic E-state index is 0.000350. The van der Waals surface area contributed by atoms with Crippen molar-refractivity contribution in [2.45, 2.75) is 17.7 Å². The fourth-order valence-corrected chi connectivity index (χ4v) is 5.24. The lowest BCUT2D eigenvalue weighted by Gasteiger charge is -2.29. The van der Waals surface area contributed by atoms with Crippen LogP contribution in [0.1, 0.15) is 12.0 Å². The molecule has 0 unspecified atom stereocenters. The molecule has 0 aromatic heterocycles. The highest BCUT2D eigenvalue weighted by atomic mass is 32.2. The molecule has 0 saturated heterocycles. The van der Waals surface area contributed by atoms with Crippen molar-refractivity contribution in [3.63, 3.8) is 0 Å². The Labute approximate surface area is 157 Å². The first-order chi connectivity index (χ1) is 12.6. The zero-order valence-corrected chi connectivity index (χ0v) is 16.4. The molecule has 0 spiro atoms. The summed E-state index contributed by atoms with van der Waals surface area (Å²) in [7, 11) is -6.34. The van der Waals surface area contributed by atoms with Gasteiger partial charge in [-0.25, -0.2) is 21.2 Å². The van der Waals surface area contributed by atoms with Gasteiger partial charge in [0.05, 0.1) is 24.7 Å². The van der Waals surface area contributed by atoms with Gasteiger partial charge in [0.15, 0.2) is 0 Å². The molecule has 2 aromatic rings. The van der Waals surface area contributed by atoms with Crippen LogP contribution in [0.15, 0.2) is 41.3 Å². The van der Waals surface area contributed by atoms with Gasteiger partial charge in [0.2, 0.25) is 10.0 Å². The number of rotatable bonds is 5. The van der Waals surface area contributed by atoms with Crippen molar-refractivity contribution in [3.8, 4) is 5.75 Å². The van der Waals surface area contributed by atoms with Crippen molar-refractivity contribution in [2.75, 3.05) is 28.9 Å². The van der Waals surface area contributed by atoms with Crippen LogP contribution in [0.3, 0.4) is 0 Å². The second-order valence-corrected chi connectivity index (χ2v) is 9.74. The molecule has 2 aromatic carbocycles. The van der Waals surface area contributed by atoms with E-state index in [1.165, 1.54) is 23.5 Å². The number of hydrogen-bond donors (Lipinski definition) is 1. The molecule has 0 fully saturated rings. The Morgan fingerprint density at radius 1 is 1.11 bits per heavy atom. The summed E-state index contributed by atoms with van der Waals surface area (Å²) in [5.74, 6) is -0.718. The summed E-state index contributed by atoms with van der Waals surface area (Å²) >= 11 is 0. The zero-order chi connectivity index (χ0) is 19.8. The zero-order valence-electron chi connectivity index (χ0n) is 14.8. The number of aryl methyl sites for hydroxylation is 1. The second-order valence-electron chi connectivity index (χ2n) is 6.18. The lowest BCUT2D eigenvalue weighted by molar-refractivity contribution is 0.401. The van der Waals surface area contributed by atoms with Crippen molar-refractivity contribution < 1.29 is 26.0 Å². The molecular formula is C17H19FN2O5S2. The Bertz CT molecular complexity index is 1080. The van der Waals surface area contributed by atoms with Gasteiger partial charge in [-0.3, -0.25) is 9.03 Å². The van der Waals surface area contributed by atoms with Gasteiger partial charge in [-0.05, 0) is 48.7 Å². The third-order valence-corrected chi connectivity index (χ3v) is 6.81.